The minimum atomic E-state index is -1.28. The van der Waals surface area contributed by atoms with Crippen molar-refractivity contribution in [2.45, 2.75) is 56.3 Å². The van der Waals surface area contributed by atoms with E-state index >= 15 is 0 Å². The normalized spacial score (nSPS) is 13.2. The van der Waals surface area contributed by atoms with Gasteiger partial charge in [0, 0.05) is 42.9 Å². The molecule has 4 aromatic rings. The number of para-hydroxylation sites is 1. The third-order valence-electron chi connectivity index (χ3n) is 8.33. The molecule has 0 saturated carbocycles. The van der Waals surface area contributed by atoms with E-state index in [0.29, 0.717) is 11.1 Å². The fourth-order valence-electron chi connectivity index (χ4n) is 5.68. The van der Waals surface area contributed by atoms with Gasteiger partial charge in [0.1, 0.15) is 24.2 Å². The van der Waals surface area contributed by atoms with E-state index in [1.54, 1.807) is 66.9 Å². The zero-order chi connectivity index (χ0) is 37.5. The van der Waals surface area contributed by atoms with Crippen molar-refractivity contribution >= 4 is 46.5 Å². The second-order valence-electron chi connectivity index (χ2n) is 12.2. The number of aromatic amines is 1. The molecule has 0 aliphatic carbocycles. The molecular weight excluding hydrogens is 666 g/mol. The predicted molar refractivity (Wildman–Crippen MR) is 197 cm³/mol. The van der Waals surface area contributed by atoms with Crippen molar-refractivity contribution in [1.29, 1.82) is 0 Å². The minimum Gasteiger partial charge on any atom is -0.480 e. The fraction of sp³-hybridized carbons (Fsp3) is 0.297. The largest absolute Gasteiger partial charge is 0.480 e. The highest BCUT2D eigenvalue weighted by molar-refractivity contribution is 5.96. The second kappa shape index (κ2) is 19.2. The second-order valence-corrected chi connectivity index (χ2v) is 12.2. The number of H-pyrrole nitrogens is 1. The van der Waals surface area contributed by atoms with Gasteiger partial charge in [-0.15, -0.1) is 0 Å². The number of nitrogens with zero attached hydrogens (tertiary/aromatic N) is 1. The van der Waals surface area contributed by atoms with Crippen LogP contribution in [0.4, 0.5) is 0 Å². The van der Waals surface area contributed by atoms with Crippen LogP contribution in [-0.2, 0) is 43.2 Å². The van der Waals surface area contributed by atoms with Crippen molar-refractivity contribution in [3.8, 4) is 0 Å². The summed E-state index contributed by atoms with van der Waals surface area (Å²) in [6.07, 6.45) is 2.20. The summed E-state index contributed by atoms with van der Waals surface area (Å²) in [5.41, 5.74) is 19.5. The maximum absolute atomic E-state index is 14.0. The molecule has 0 aliphatic rings. The van der Waals surface area contributed by atoms with Gasteiger partial charge in [-0.1, -0.05) is 78.9 Å². The Balaban J connectivity index is 1.58. The molecule has 274 valence electrons. The first-order valence-corrected chi connectivity index (χ1v) is 16.9. The zero-order valence-electron chi connectivity index (χ0n) is 28.6. The molecule has 0 bridgehead atoms. The summed E-state index contributed by atoms with van der Waals surface area (Å²) in [6.45, 7) is -0.212. The van der Waals surface area contributed by atoms with Gasteiger partial charge in [0.2, 0.25) is 23.6 Å². The molecular formula is C37H45N9O6. The molecule has 4 rings (SSSR count). The monoisotopic (exact) mass is 711 g/mol. The minimum absolute atomic E-state index is 0.0176. The Hall–Kier alpha value is -6.22. The van der Waals surface area contributed by atoms with Crippen LogP contribution in [0, 0.1) is 0 Å². The predicted octanol–water partition coefficient (Wildman–Crippen LogP) is 0.232. The number of hydrogen-bond acceptors (Lipinski definition) is 7. The van der Waals surface area contributed by atoms with Crippen molar-refractivity contribution in [3.05, 3.63) is 108 Å². The number of guanidine groups is 1. The summed E-state index contributed by atoms with van der Waals surface area (Å²) >= 11 is 0. The molecule has 1 aromatic heterocycles. The molecule has 3 aromatic carbocycles. The van der Waals surface area contributed by atoms with Crippen LogP contribution < -0.4 is 38.5 Å². The Morgan fingerprint density at radius 1 is 0.673 bits per heavy atom. The number of nitrogens with two attached hydrogens (primary N) is 3. The highest BCUT2D eigenvalue weighted by Crippen LogP contribution is 2.19. The summed E-state index contributed by atoms with van der Waals surface area (Å²) in [7, 11) is 0. The van der Waals surface area contributed by atoms with Gasteiger partial charge in [-0.3, -0.25) is 24.2 Å². The highest BCUT2D eigenvalue weighted by Gasteiger charge is 2.32. The Labute approximate surface area is 300 Å². The number of rotatable bonds is 19. The van der Waals surface area contributed by atoms with E-state index in [-0.39, 0.29) is 51.2 Å². The first kappa shape index (κ1) is 38.6. The topological polar surface area (TPSA) is 260 Å². The quantitative estimate of drug-likeness (QED) is 0.0366. The number of aliphatic carboxylic acids is 1. The average Bonchev–Trinajstić information content (AvgIpc) is 3.55. The van der Waals surface area contributed by atoms with Crippen LogP contribution in [0.15, 0.2) is 96.1 Å². The standard InChI is InChI=1S/C37H45N9O6/c38-21-32(47)43-30(20-25-22-42-27-15-8-7-14-26(25)27)35(50)44-28(16-9-17-41-37(39)40)33(48)45-29(18-23-10-3-1-4-11-23)34(49)46-31(36(51)52)19-24-12-5-2-6-13-24/h1-8,10-15,22,28-31,42H,9,16-21,38H2,(H,43,47)(H,44,50)(H,45,48)(H,46,49)(H,51,52)(H4,39,40,41)/t28-,29+,30-,31-/m0/s1. The van der Waals surface area contributed by atoms with E-state index in [4.69, 9.17) is 17.2 Å². The fourth-order valence-corrected chi connectivity index (χ4v) is 5.68. The van der Waals surface area contributed by atoms with Crippen molar-refractivity contribution < 1.29 is 29.1 Å². The van der Waals surface area contributed by atoms with Crippen molar-refractivity contribution in [1.82, 2.24) is 26.3 Å². The first-order valence-electron chi connectivity index (χ1n) is 16.9. The van der Waals surface area contributed by atoms with Gasteiger partial charge in [0.15, 0.2) is 5.96 Å². The molecule has 0 spiro atoms. The average molecular weight is 712 g/mol. The van der Waals surface area contributed by atoms with Gasteiger partial charge < -0.3 is 48.6 Å². The van der Waals surface area contributed by atoms with Gasteiger partial charge >= 0.3 is 5.97 Å². The summed E-state index contributed by atoms with van der Waals surface area (Å²) < 4.78 is 0. The molecule has 0 fully saturated rings. The lowest BCUT2D eigenvalue weighted by atomic mass is 10.0. The van der Waals surface area contributed by atoms with Gasteiger partial charge in [-0.25, -0.2) is 4.79 Å². The third kappa shape index (κ3) is 11.7. The number of nitrogens with one attached hydrogen (secondary N) is 5. The number of carboxylic acids is 1. The molecule has 15 nitrogen and oxygen atoms in total. The number of aliphatic imine (C=N–C) groups is 1. The lowest BCUT2D eigenvalue weighted by Crippen LogP contribution is -2.58. The number of fused-ring (bicyclic) bond motifs is 1. The van der Waals surface area contributed by atoms with Crippen LogP contribution in [0.2, 0.25) is 0 Å². The number of amides is 4. The lowest BCUT2D eigenvalue weighted by molar-refractivity contribution is -0.142. The van der Waals surface area contributed by atoms with Crippen LogP contribution in [-0.4, -0.2) is 82.9 Å². The number of hydrogen-bond donors (Lipinski definition) is 9. The molecule has 4 amide bonds. The van der Waals surface area contributed by atoms with Crippen LogP contribution in [0.3, 0.4) is 0 Å². The maximum atomic E-state index is 14.0. The van der Waals surface area contributed by atoms with Crippen molar-refractivity contribution in [3.63, 3.8) is 0 Å². The smallest absolute Gasteiger partial charge is 0.326 e. The lowest BCUT2D eigenvalue weighted by Gasteiger charge is -2.26. The van der Waals surface area contributed by atoms with Gasteiger partial charge in [0.25, 0.3) is 0 Å². The molecule has 52 heavy (non-hydrogen) atoms. The van der Waals surface area contributed by atoms with E-state index in [2.05, 4.69) is 31.2 Å². The number of carbonyl (C=O) groups is 5. The summed E-state index contributed by atoms with van der Waals surface area (Å²) in [4.78, 5) is 73.3. The molecule has 0 unspecified atom stereocenters. The Bertz CT molecular complexity index is 1840. The first-order chi connectivity index (χ1) is 25.0. The molecule has 4 atom stereocenters. The van der Waals surface area contributed by atoms with Gasteiger partial charge in [0.05, 0.1) is 6.54 Å². The molecule has 0 aliphatic heterocycles. The molecule has 12 N–H and O–H groups in total. The Kier molecular flexibility index (Phi) is 14.3. The molecule has 0 radical (unpaired) electrons. The Morgan fingerprint density at radius 3 is 1.79 bits per heavy atom. The van der Waals surface area contributed by atoms with Crippen LogP contribution in [0.25, 0.3) is 10.9 Å². The zero-order valence-corrected chi connectivity index (χ0v) is 28.6. The Morgan fingerprint density at radius 2 is 1.19 bits per heavy atom. The van der Waals surface area contributed by atoms with E-state index in [1.165, 1.54) is 0 Å². The van der Waals surface area contributed by atoms with Crippen molar-refractivity contribution in [2.24, 2.45) is 22.2 Å². The number of aromatic nitrogens is 1. The third-order valence-corrected chi connectivity index (χ3v) is 8.33. The summed E-state index contributed by atoms with van der Waals surface area (Å²) in [6, 6.07) is 20.4. The molecule has 0 saturated heterocycles. The van der Waals surface area contributed by atoms with E-state index in [0.717, 1.165) is 16.5 Å². The van der Waals surface area contributed by atoms with Crippen molar-refractivity contribution in [2.75, 3.05) is 13.1 Å². The van der Waals surface area contributed by atoms with Crippen LogP contribution >= 0.6 is 0 Å². The number of carbonyl (C=O) groups excluding carboxylic acids is 4. The highest BCUT2D eigenvalue weighted by atomic mass is 16.4. The van der Waals surface area contributed by atoms with E-state index in [9.17, 15) is 29.1 Å². The summed E-state index contributed by atoms with van der Waals surface area (Å²) in [5, 5.41) is 21.5. The number of benzene rings is 3. The van der Waals surface area contributed by atoms with Gasteiger partial charge in [-0.2, -0.15) is 0 Å². The SMILES string of the molecule is NCC(=O)N[C@@H](Cc1c[nH]c2ccccc12)C(=O)N[C@@H](CCCN=C(N)N)C(=O)N[C@H](Cc1ccccc1)C(=O)N[C@@H](Cc1ccccc1)C(=O)O. The van der Waals surface area contributed by atoms with E-state index in [1.807, 2.05) is 24.3 Å². The van der Waals surface area contributed by atoms with Gasteiger partial charge in [-0.05, 0) is 35.6 Å². The summed E-state index contributed by atoms with van der Waals surface area (Å²) in [5.74, 6) is -4.05. The molecule has 15 heteroatoms. The maximum Gasteiger partial charge on any atom is 0.326 e. The number of carboxylic acid groups (broad SMARTS) is 1. The van der Waals surface area contributed by atoms with Crippen LogP contribution in [0.1, 0.15) is 29.5 Å². The van der Waals surface area contributed by atoms with Crippen LogP contribution in [0.5, 0.6) is 0 Å². The molecule has 1 heterocycles. The van der Waals surface area contributed by atoms with E-state index < -0.39 is 53.8 Å².